The summed E-state index contributed by atoms with van der Waals surface area (Å²) in [5.41, 5.74) is -0.0545. The van der Waals surface area contributed by atoms with Crippen LogP contribution in [0.15, 0.2) is 12.7 Å². The molecule has 0 aliphatic heterocycles. The van der Waals surface area contributed by atoms with Crippen molar-refractivity contribution in [2.75, 3.05) is 5.88 Å². The van der Waals surface area contributed by atoms with Crippen molar-refractivity contribution in [1.82, 2.24) is 0 Å². The summed E-state index contributed by atoms with van der Waals surface area (Å²) in [7, 11) is -1.47. The van der Waals surface area contributed by atoms with Crippen LogP contribution in [0.25, 0.3) is 0 Å². The van der Waals surface area contributed by atoms with Gasteiger partial charge >= 0.3 is 0 Å². The van der Waals surface area contributed by atoms with E-state index in [9.17, 15) is 0 Å². The molecular weight excluding hydrogens is 212 g/mol. The van der Waals surface area contributed by atoms with Gasteiger partial charge in [0, 0.05) is 5.88 Å². The van der Waals surface area contributed by atoms with Crippen LogP contribution in [-0.4, -0.2) is 19.8 Å². The Hall–Kier alpha value is 0.207. The van der Waals surface area contributed by atoms with Crippen molar-refractivity contribution in [3.8, 4) is 0 Å². The second-order valence-corrected chi connectivity index (χ2v) is 9.76. The molecule has 0 aromatic rings. The fraction of sp³-hybridized carbons (Fsp3) is 0.818. The van der Waals surface area contributed by atoms with Gasteiger partial charge in [0.15, 0.2) is 8.32 Å². The molecule has 0 bridgehead atoms. The molecule has 0 aromatic carbocycles. The third kappa shape index (κ3) is 6.63. The van der Waals surface area contributed by atoms with Crippen molar-refractivity contribution in [2.45, 2.75) is 51.4 Å². The minimum absolute atomic E-state index is 0.0545. The molecule has 0 spiro atoms. The minimum Gasteiger partial charge on any atom is -0.412 e. The maximum Gasteiger partial charge on any atom is 0.184 e. The van der Waals surface area contributed by atoms with Crippen molar-refractivity contribution in [3.05, 3.63) is 12.7 Å². The Morgan fingerprint density at radius 1 is 1.43 bits per heavy atom. The predicted octanol–water partition coefficient (Wildman–Crippen LogP) is 4.19. The van der Waals surface area contributed by atoms with Gasteiger partial charge in [0.2, 0.25) is 0 Å². The molecule has 0 N–H and O–H groups in total. The minimum atomic E-state index is -1.47. The molecule has 84 valence electrons. The standard InChI is InChI=1S/C11H23ClOSi/c1-6-8-11(2,9-7-10-12)13-14(3,4)5/h6H,1,7-10H2,2-5H3. The van der Waals surface area contributed by atoms with Gasteiger partial charge in [-0.2, -0.15) is 0 Å². The Morgan fingerprint density at radius 2 is 2.00 bits per heavy atom. The first-order valence-corrected chi connectivity index (χ1v) is 9.14. The summed E-state index contributed by atoms with van der Waals surface area (Å²) in [4.78, 5) is 0. The molecule has 0 saturated heterocycles. The SMILES string of the molecule is C=CCC(C)(CCCCl)O[Si](C)(C)C. The Balaban J connectivity index is 4.30. The van der Waals surface area contributed by atoms with Gasteiger partial charge in [0.25, 0.3) is 0 Å². The average Bonchev–Trinajstić information content (AvgIpc) is 1.98. The highest BCUT2D eigenvalue weighted by atomic mass is 35.5. The molecule has 0 rings (SSSR count). The zero-order chi connectivity index (χ0) is 11.2. The summed E-state index contributed by atoms with van der Waals surface area (Å²) >= 11 is 5.71. The Morgan fingerprint density at radius 3 is 2.36 bits per heavy atom. The molecule has 1 unspecified atom stereocenters. The van der Waals surface area contributed by atoms with Gasteiger partial charge in [-0.15, -0.1) is 18.2 Å². The largest absolute Gasteiger partial charge is 0.412 e. The van der Waals surface area contributed by atoms with E-state index in [2.05, 4.69) is 33.1 Å². The van der Waals surface area contributed by atoms with Gasteiger partial charge < -0.3 is 4.43 Å². The van der Waals surface area contributed by atoms with E-state index in [-0.39, 0.29) is 5.60 Å². The van der Waals surface area contributed by atoms with Gasteiger partial charge in [0.1, 0.15) is 0 Å². The van der Waals surface area contributed by atoms with Crippen LogP contribution in [0, 0.1) is 0 Å². The summed E-state index contributed by atoms with van der Waals surface area (Å²) in [6.07, 6.45) is 4.88. The fourth-order valence-corrected chi connectivity index (χ4v) is 3.48. The first-order valence-electron chi connectivity index (χ1n) is 5.20. The highest BCUT2D eigenvalue weighted by molar-refractivity contribution is 6.69. The highest BCUT2D eigenvalue weighted by Crippen LogP contribution is 2.27. The van der Waals surface area contributed by atoms with Crippen LogP contribution >= 0.6 is 11.6 Å². The van der Waals surface area contributed by atoms with Crippen LogP contribution in [0.4, 0.5) is 0 Å². The first kappa shape index (κ1) is 14.2. The smallest absolute Gasteiger partial charge is 0.184 e. The molecule has 0 aliphatic carbocycles. The lowest BCUT2D eigenvalue weighted by atomic mass is 9.97. The van der Waals surface area contributed by atoms with Crippen LogP contribution in [0.2, 0.25) is 19.6 Å². The van der Waals surface area contributed by atoms with E-state index < -0.39 is 8.32 Å². The molecule has 0 aliphatic rings. The quantitative estimate of drug-likeness (QED) is 0.365. The molecule has 0 heterocycles. The first-order chi connectivity index (χ1) is 6.33. The number of alkyl halides is 1. The lowest BCUT2D eigenvalue weighted by molar-refractivity contribution is 0.0736. The molecule has 0 fully saturated rings. The number of rotatable bonds is 7. The lowest BCUT2D eigenvalue weighted by Crippen LogP contribution is -2.40. The summed E-state index contributed by atoms with van der Waals surface area (Å²) in [5, 5.41) is 0. The van der Waals surface area contributed by atoms with Gasteiger partial charge in [-0.25, -0.2) is 0 Å². The molecule has 14 heavy (non-hydrogen) atoms. The Labute approximate surface area is 94.6 Å². The summed E-state index contributed by atoms with van der Waals surface area (Å²) in [6.45, 7) is 12.6. The number of halogens is 1. The molecular formula is C11H23ClOSi. The van der Waals surface area contributed by atoms with E-state index in [4.69, 9.17) is 16.0 Å². The van der Waals surface area contributed by atoms with Crippen molar-refractivity contribution in [1.29, 1.82) is 0 Å². The Bertz CT molecular complexity index is 177. The number of hydrogen-bond acceptors (Lipinski definition) is 1. The zero-order valence-electron chi connectivity index (χ0n) is 9.90. The van der Waals surface area contributed by atoms with Crippen LogP contribution < -0.4 is 0 Å². The second kappa shape index (κ2) is 5.94. The van der Waals surface area contributed by atoms with Crippen molar-refractivity contribution in [3.63, 3.8) is 0 Å². The van der Waals surface area contributed by atoms with Crippen LogP contribution in [-0.2, 0) is 4.43 Å². The molecule has 1 atom stereocenters. The maximum absolute atomic E-state index is 6.18. The fourth-order valence-electron chi connectivity index (χ4n) is 1.68. The van der Waals surface area contributed by atoms with Crippen LogP contribution in [0.5, 0.6) is 0 Å². The maximum atomic E-state index is 6.18. The summed E-state index contributed by atoms with van der Waals surface area (Å²) in [6, 6.07) is 0. The number of hydrogen-bond donors (Lipinski definition) is 0. The van der Waals surface area contributed by atoms with E-state index in [1.807, 2.05) is 6.08 Å². The van der Waals surface area contributed by atoms with Gasteiger partial charge in [-0.05, 0) is 45.8 Å². The lowest BCUT2D eigenvalue weighted by Gasteiger charge is -2.35. The summed E-state index contributed by atoms with van der Waals surface area (Å²) in [5.74, 6) is 0.710. The second-order valence-electron chi connectivity index (χ2n) is 4.95. The molecule has 0 aromatic heterocycles. The van der Waals surface area contributed by atoms with Gasteiger partial charge in [-0.3, -0.25) is 0 Å². The van der Waals surface area contributed by atoms with Crippen molar-refractivity contribution >= 4 is 19.9 Å². The molecule has 1 nitrogen and oxygen atoms in total. The van der Waals surface area contributed by atoms with Crippen LogP contribution in [0.1, 0.15) is 26.2 Å². The molecule has 0 radical (unpaired) electrons. The van der Waals surface area contributed by atoms with E-state index >= 15 is 0 Å². The predicted molar refractivity (Wildman–Crippen MR) is 67.6 cm³/mol. The molecule has 3 heteroatoms. The normalized spacial score (nSPS) is 16.4. The average molecular weight is 235 g/mol. The monoisotopic (exact) mass is 234 g/mol. The van der Waals surface area contributed by atoms with Crippen molar-refractivity contribution < 1.29 is 4.43 Å². The summed E-state index contributed by atoms with van der Waals surface area (Å²) < 4.78 is 6.18. The zero-order valence-corrected chi connectivity index (χ0v) is 11.7. The van der Waals surface area contributed by atoms with E-state index in [0.717, 1.165) is 19.3 Å². The Kier molecular flexibility index (Phi) is 6.02. The van der Waals surface area contributed by atoms with E-state index in [0.29, 0.717) is 5.88 Å². The van der Waals surface area contributed by atoms with Crippen molar-refractivity contribution in [2.24, 2.45) is 0 Å². The highest BCUT2D eigenvalue weighted by Gasteiger charge is 2.29. The third-order valence-corrected chi connectivity index (χ3v) is 3.34. The molecule has 0 saturated carbocycles. The van der Waals surface area contributed by atoms with E-state index in [1.165, 1.54) is 0 Å². The topological polar surface area (TPSA) is 9.23 Å². The van der Waals surface area contributed by atoms with E-state index in [1.54, 1.807) is 0 Å². The molecule has 0 amide bonds. The van der Waals surface area contributed by atoms with Crippen LogP contribution in [0.3, 0.4) is 0 Å². The van der Waals surface area contributed by atoms with Gasteiger partial charge in [-0.1, -0.05) is 6.08 Å². The van der Waals surface area contributed by atoms with Gasteiger partial charge in [0.05, 0.1) is 5.60 Å². The third-order valence-electron chi connectivity index (χ3n) is 1.97.